The van der Waals surface area contributed by atoms with Crippen LogP contribution in [0, 0.1) is 0 Å². The molecule has 2 aromatic rings. The molecule has 0 saturated carbocycles. The van der Waals surface area contributed by atoms with Crippen LogP contribution in [0.1, 0.15) is 23.0 Å². The summed E-state index contributed by atoms with van der Waals surface area (Å²) in [5.74, 6) is 1.25. The molecule has 1 fully saturated rings. The molecule has 9 heteroatoms. The van der Waals surface area contributed by atoms with Crippen molar-refractivity contribution >= 4 is 23.3 Å². The SMILES string of the molecule is CC(=O)c1cc2c(cc1NC(=O)CN1CCN(C(=O)Cc3ccco3)CC1)OCO2. The van der Waals surface area contributed by atoms with Crippen LogP contribution in [0.4, 0.5) is 5.69 Å². The van der Waals surface area contributed by atoms with E-state index in [0.29, 0.717) is 54.7 Å². The first-order valence-electron chi connectivity index (χ1n) is 9.76. The summed E-state index contributed by atoms with van der Waals surface area (Å²) in [5.41, 5.74) is 0.782. The molecule has 9 nitrogen and oxygen atoms in total. The summed E-state index contributed by atoms with van der Waals surface area (Å²) in [4.78, 5) is 40.6. The average molecular weight is 413 g/mol. The lowest BCUT2D eigenvalue weighted by Crippen LogP contribution is -2.50. The molecule has 0 bridgehead atoms. The maximum Gasteiger partial charge on any atom is 0.238 e. The van der Waals surface area contributed by atoms with Gasteiger partial charge in [-0.3, -0.25) is 19.3 Å². The maximum atomic E-state index is 12.6. The van der Waals surface area contributed by atoms with Crippen molar-refractivity contribution in [2.45, 2.75) is 13.3 Å². The van der Waals surface area contributed by atoms with E-state index in [9.17, 15) is 14.4 Å². The van der Waals surface area contributed by atoms with Gasteiger partial charge in [-0.15, -0.1) is 0 Å². The van der Waals surface area contributed by atoms with Crippen molar-refractivity contribution in [3.8, 4) is 11.5 Å². The lowest BCUT2D eigenvalue weighted by molar-refractivity contribution is -0.132. The van der Waals surface area contributed by atoms with Gasteiger partial charge in [0, 0.05) is 37.8 Å². The van der Waals surface area contributed by atoms with Crippen LogP contribution in [-0.4, -0.2) is 66.9 Å². The Labute approximate surface area is 173 Å². The highest BCUT2D eigenvalue weighted by atomic mass is 16.7. The van der Waals surface area contributed by atoms with Gasteiger partial charge in [-0.2, -0.15) is 0 Å². The Morgan fingerprint density at radius 2 is 1.80 bits per heavy atom. The quantitative estimate of drug-likeness (QED) is 0.717. The van der Waals surface area contributed by atoms with Crippen LogP contribution in [0.25, 0.3) is 0 Å². The van der Waals surface area contributed by atoms with Gasteiger partial charge in [0.2, 0.25) is 18.6 Å². The van der Waals surface area contributed by atoms with E-state index < -0.39 is 0 Å². The molecule has 1 N–H and O–H groups in total. The molecule has 3 heterocycles. The summed E-state index contributed by atoms with van der Waals surface area (Å²) >= 11 is 0. The molecule has 0 spiro atoms. The predicted molar refractivity (Wildman–Crippen MR) is 107 cm³/mol. The second kappa shape index (κ2) is 8.58. The Hall–Kier alpha value is -3.33. The first-order valence-corrected chi connectivity index (χ1v) is 9.76. The van der Waals surface area contributed by atoms with E-state index in [1.54, 1.807) is 35.4 Å². The van der Waals surface area contributed by atoms with E-state index >= 15 is 0 Å². The molecule has 158 valence electrons. The number of rotatable bonds is 6. The lowest BCUT2D eigenvalue weighted by Gasteiger charge is -2.34. The summed E-state index contributed by atoms with van der Waals surface area (Å²) in [5, 5.41) is 2.80. The molecule has 1 aromatic heterocycles. The number of Topliss-reactive ketones (excluding diaryl/α,β-unsaturated/α-hetero) is 1. The zero-order valence-electron chi connectivity index (χ0n) is 16.7. The standard InChI is InChI=1S/C21H23N3O6/c1-14(25)16-10-18-19(30-13-29-18)11-17(16)22-20(26)12-23-4-6-24(7-5-23)21(27)9-15-3-2-8-28-15/h2-3,8,10-11H,4-7,9,12-13H2,1H3,(H,22,26). The van der Waals surface area contributed by atoms with Crippen LogP contribution in [0.5, 0.6) is 11.5 Å². The molecule has 2 aliphatic heterocycles. The molecule has 0 aliphatic carbocycles. The van der Waals surface area contributed by atoms with Gasteiger partial charge in [-0.05, 0) is 25.1 Å². The fourth-order valence-corrected chi connectivity index (χ4v) is 3.56. The van der Waals surface area contributed by atoms with Gasteiger partial charge in [-0.1, -0.05) is 0 Å². The molecule has 4 rings (SSSR count). The summed E-state index contributed by atoms with van der Waals surface area (Å²) in [6.45, 7) is 3.99. The molecular formula is C21H23N3O6. The van der Waals surface area contributed by atoms with E-state index in [0.717, 1.165) is 0 Å². The lowest BCUT2D eigenvalue weighted by atomic mass is 10.1. The Morgan fingerprint density at radius 1 is 1.07 bits per heavy atom. The number of hydrogen-bond donors (Lipinski definition) is 1. The van der Waals surface area contributed by atoms with Crippen LogP contribution >= 0.6 is 0 Å². The first kappa shape index (κ1) is 20.0. The number of benzene rings is 1. The zero-order chi connectivity index (χ0) is 21.1. The number of hydrogen-bond acceptors (Lipinski definition) is 7. The summed E-state index contributed by atoms with van der Waals surface area (Å²) in [7, 11) is 0. The first-order chi connectivity index (χ1) is 14.5. The number of furan rings is 1. The van der Waals surface area contributed by atoms with Crippen molar-refractivity contribution in [3.63, 3.8) is 0 Å². The smallest absolute Gasteiger partial charge is 0.238 e. The highest BCUT2D eigenvalue weighted by molar-refractivity contribution is 6.05. The second-order valence-electron chi connectivity index (χ2n) is 7.27. The van der Waals surface area contributed by atoms with Crippen molar-refractivity contribution in [2.24, 2.45) is 0 Å². The molecule has 1 saturated heterocycles. The number of anilines is 1. The van der Waals surface area contributed by atoms with E-state index in [2.05, 4.69) is 5.32 Å². The maximum absolute atomic E-state index is 12.6. The van der Waals surface area contributed by atoms with Gasteiger partial charge in [0.05, 0.1) is 24.9 Å². The van der Waals surface area contributed by atoms with Gasteiger partial charge in [-0.25, -0.2) is 0 Å². The fourth-order valence-electron chi connectivity index (χ4n) is 3.56. The van der Waals surface area contributed by atoms with Crippen LogP contribution in [0.2, 0.25) is 0 Å². The van der Waals surface area contributed by atoms with Crippen molar-refractivity contribution in [1.29, 1.82) is 0 Å². The van der Waals surface area contributed by atoms with Crippen molar-refractivity contribution in [3.05, 3.63) is 41.9 Å². The number of carbonyl (C=O) groups excluding carboxylic acids is 3. The van der Waals surface area contributed by atoms with E-state index in [4.69, 9.17) is 13.9 Å². The van der Waals surface area contributed by atoms with Crippen LogP contribution in [0.3, 0.4) is 0 Å². The average Bonchev–Trinajstić information content (AvgIpc) is 3.39. The molecular weight excluding hydrogens is 390 g/mol. The number of nitrogens with zero attached hydrogens (tertiary/aromatic N) is 2. The molecule has 2 aliphatic rings. The molecule has 30 heavy (non-hydrogen) atoms. The second-order valence-corrected chi connectivity index (χ2v) is 7.27. The topological polar surface area (TPSA) is 101 Å². The van der Waals surface area contributed by atoms with Gasteiger partial charge in [0.1, 0.15) is 5.76 Å². The van der Waals surface area contributed by atoms with Crippen LogP contribution in [0.15, 0.2) is 34.9 Å². The van der Waals surface area contributed by atoms with E-state index in [1.807, 2.05) is 4.90 Å². The summed E-state index contributed by atoms with van der Waals surface area (Å²) in [6, 6.07) is 6.74. The van der Waals surface area contributed by atoms with Gasteiger partial charge >= 0.3 is 0 Å². The third kappa shape index (κ3) is 4.46. The van der Waals surface area contributed by atoms with E-state index in [1.165, 1.54) is 6.92 Å². The Morgan fingerprint density at radius 3 is 2.47 bits per heavy atom. The minimum absolute atomic E-state index is 0.0144. The third-order valence-corrected chi connectivity index (χ3v) is 5.16. The highest BCUT2D eigenvalue weighted by Gasteiger charge is 2.24. The number of fused-ring (bicyclic) bond motifs is 1. The predicted octanol–water partition coefficient (Wildman–Crippen LogP) is 1.54. The summed E-state index contributed by atoms with van der Waals surface area (Å²) < 4.78 is 15.9. The normalized spacial score (nSPS) is 15.8. The van der Waals surface area contributed by atoms with E-state index in [-0.39, 0.29) is 37.4 Å². The molecule has 0 atom stereocenters. The minimum Gasteiger partial charge on any atom is -0.469 e. The van der Waals surface area contributed by atoms with Gasteiger partial charge in [0.15, 0.2) is 17.3 Å². The monoisotopic (exact) mass is 413 g/mol. The number of ether oxygens (including phenoxy) is 2. The zero-order valence-corrected chi connectivity index (χ0v) is 16.7. The number of ketones is 1. The third-order valence-electron chi connectivity index (χ3n) is 5.16. The van der Waals surface area contributed by atoms with Crippen molar-refractivity contribution in [1.82, 2.24) is 9.80 Å². The number of nitrogens with one attached hydrogen (secondary N) is 1. The molecule has 0 unspecified atom stereocenters. The Bertz CT molecular complexity index is 948. The Balaban J connectivity index is 1.30. The highest BCUT2D eigenvalue weighted by Crippen LogP contribution is 2.37. The van der Waals surface area contributed by atoms with Crippen molar-refractivity contribution < 1.29 is 28.3 Å². The molecule has 0 radical (unpaired) electrons. The molecule has 1 aromatic carbocycles. The van der Waals surface area contributed by atoms with Crippen LogP contribution < -0.4 is 14.8 Å². The fraction of sp³-hybridized carbons (Fsp3) is 0.381. The number of amides is 2. The van der Waals surface area contributed by atoms with Gasteiger partial charge in [0.25, 0.3) is 0 Å². The van der Waals surface area contributed by atoms with Crippen LogP contribution in [-0.2, 0) is 16.0 Å². The summed E-state index contributed by atoms with van der Waals surface area (Å²) in [6.07, 6.45) is 1.79. The van der Waals surface area contributed by atoms with Crippen molar-refractivity contribution in [2.75, 3.05) is 44.8 Å². The van der Waals surface area contributed by atoms with Gasteiger partial charge < -0.3 is 24.1 Å². The Kier molecular flexibility index (Phi) is 5.71. The molecule has 2 amide bonds. The number of piperazine rings is 1. The minimum atomic E-state index is -0.230. The number of carbonyl (C=O) groups is 3. The largest absolute Gasteiger partial charge is 0.469 e.